The van der Waals surface area contributed by atoms with Gasteiger partial charge in [0.25, 0.3) is 0 Å². The Kier molecular flexibility index (Phi) is 10.6. The van der Waals surface area contributed by atoms with Crippen molar-refractivity contribution >= 4 is 40.6 Å². The highest BCUT2D eigenvalue weighted by Crippen LogP contribution is 2.38. The van der Waals surface area contributed by atoms with Crippen LogP contribution in [0.25, 0.3) is 0 Å². The molecule has 218 valence electrons. The van der Waals surface area contributed by atoms with Gasteiger partial charge in [0.15, 0.2) is 0 Å². The Labute approximate surface area is 248 Å². The first-order valence-electron chi connectivity index (χ1n) is 14.4. The zero-order valence-corrected chi connectivity index (χ0v) is 25.1. The molecule has 1 aliphatic carbocycles. The van der Waals surface area contributed by atoms with E-state index in [2.05, 4.69) is 47.2 Å². The van der Waals surface area contributed by atoms with Gasteiger partial charge in [-0.15, -0.1) is 0 Å². The predicted molar refractivity (Wildman–Crippen MR) is 164 cm³/mol. The van der Waals surface area contributed by atoms with Gasteiger partial charge in [-0.05, 0) is 79.5 Å². The summed E-state index contributed by atoms with van der Waals surface area (Å²) in [4.78, 5) is 31.3. The average molecular weight is 578 g/mol. The van der Waals surface area contributed by atoms with Crippen molar-refractivity contribution in [2.24, 2.45) is 5.92 Å². The number of halogens is 1. The molecule has 2 aromatic carbocycles. The Bertz CT molecular complexity index is 1290. The van der Waals surface area contributed by atoms with Crippen molar-refractivity contribution in [1.29, 1.82) is 0 Å². The second-order valence-electron chi connectivity index (χ2n) is 11.2. The first-order valence-corrected chi connectivity index (χ1v) is 14.7. The number of benzene rings is 2. The number of rotatable bonds is 11. The molecule has 0 bridgehead atoms. The Morgan fingerprint density at radius 1 is 1.02 bits per heavy atom. The fourth-order valence-electron chi connectivity index (χ4n) is 5.37. The fraction of sp³-hybridized carbons (Fsp3) is 0.424. The minimum atomic E-state index is -0.257. The van der Waals surface area contributed by atoms with Gasteiger partial charge >= 0.3 is 11.9 Å². The lowest BCUT2D eigenvalue weighted by molar-refractivity contribution is -0.140. The molecule has 0 unspecified atom stereocenters. The van der Waals surface area contributed by atoms with Crippen LogP contribution >= 0.6 is 11.6 Å². The van der Waals surface area contributed by atoms with E-state index in [-0.39, 0.29) is 24.0 Å². The van der Waals surface area contributed by atoms with E-state index in [1.54, 1.807) is 24.4 Å². The van der Waals surface area contributed by atoms with E-state index in [1.807, 2.05) is 31.2 Å². The molecular formula is C33H40ClN3O4. The van der Waals surface area contributed by atoms with Gasteiger partial charge in [-0.1, -0.05) is 56.6 Å². The highest BCUT2D eigenvalue weighted by Gasteiger charge is 2.30. The quantitative estimate of drug-likeness (QED) is 0.184. The first kappa shape index (κ1) is 30.4. The number of pyridine rings is 1. The lowest BCUT2D eigenvalue weighted by Gasteiger charge is -2.40. The molecular weight excluding hydrogens is 538 g/mol. The van der Waals surface area contributed by atoms with Crippen molar-refractivity contribution in [3.63, 3.8) is 0 Å². The molecule has 0 radical (unpaired) electrons. The molecule has 1 heterocycles. The molecule has 0 saturated heterocycles. The number of nitrogens with one attached hydrogen (secondary N) is 1. The van der Waals surface area contributed by atoms with Gasteiger partial charge in [-0.2, -0.15) is 0 Å². The van der Waals surface area contributed by atoms with Crippen LogP contribution in [0, 0.1) is 5.92 Å². The zero-order valence-electron chi connectivity index (χ0n) is 24.3. The summed E-state index contributed by atoms with van der Waals surface area (Å²) >= 11 is 6.04. The minimum absolute atomic E-state index is 0.00585. The van der Waals surface area contributed by atoms with E-state index in [0.717, 1.165) is 54.9 Å². The molecule has 1 aliphatic rings. The average Bonchev–Trinajstić information content (AvgIpc) is 2.98. The molecule has 41 heavy (non-hydrogen) atoms. The number of hydrogen-bond acceptors (Lipinski definition) is 7. The van der Waals surface area contributed by atoms with E-state index >= 15 is 0 Å². The number of hydrogen-bond donors (Lipinski definition) is 1. The lowest BCUT2D eigenvalue weighted by Crippen LogP contribution is -2.42. The number of anilines is 3. The van der Waals surface area contributed by atoms with Crippen LogP contribution in [-0.4, -0.2) is 42.7 Å². The first-order chi connectivity index (χ1) is 19.7. The molecule has 8 heteroatoms. The van der Waals surface area contributed by atoms with Crippen LogP contribution in [0.5, 0.6) is 0 Å². The number of methoxy groups -OCH3 is 1. The minimum Gasteiger partial charge on any atom is -0.469 e. The van der Waals surface area contributed by atoms with Crippen LogP contribution in [0.4, 0.5) is 17.1 Å². The number of ether oxygens (including phenoxy) is 2. The van der Waals surface area contributed by atoms with Crippen molar-refractivity contribution in [3.05, 3.63) is 83.1 Å². The van der Waals surface area contributed by atoms with E-state index in [0.29, 0.717) is 29.1 Å². The Morgan fingerprint density at radius 3 is 2.39 bits per heavy atom. The van der Waals surface area contributed by atoms with Crippen LogP contribution in [0.2, 0.25) is 5.15 Å². The normalized spacial score (nSPS) is 17.5. The third-order valence-corrected chi connectivity index (χ3v) is 7.76. The molecule has 0 spiro atoms. The number of aromatic nitrogens is 1. The van der Waals surface area contributed by atoms with Crippen LogP contribution in [-0.2, 0) is 14.3 Å². The van der Waals surface area contributed by atoms with Crippen molar-refractivity contribution < 1.29 is 19.1 Å². The second-order valence-corrected chi connectivity index (χ2v) is 11.6. The second kappa shape index (κ2) is 14.4. The lowest BCUT2D eigenvalue weighted by atomic mass is 9.90. The molecule has 0 amide bonds. The van der Waals surface area contributed by atoms with Crippen molar-refractivity contribution in [2.75, 3.05) is 23.9 Å². The summed E-state index contributed by atoms with van der Waals surface area (Å²) < 4.78 is 10.8. The van der Waals surface area contributed by atoms with E-state index in [1.165, 1.54) is 7.11 Å². The van der Waals surface area contributed by atoms with Gasteiger partial charge < -0.3 is 19.7 Å². The molecule has 1 N–H and O–H groups in total. The summed E-state index contributed by atoms with van der Waals surface area (Å²) in [5, 5.41) is 3.99. The van der Waals surface area contributed by atoms with Crippen LogP contribution in [0.1, 0.15) is 74.7 Å². The topological polar surface area (TPSA) is 80.8 Å². The smallest absolute Gasteiger partial charge is 0.338 e. The largest absolute Gasteiger partial charge is 0.469 e. The van der Waals surface area contributed by atoms with Crippen LogP contribution < -0.4 is 10.2 Å². The number of esters is 2. The van der Waals surface area contributed by atoms with Gasteiger partial charge in [-0.25, -0.2) is 9.78 Å². The van der Waals surface area contributed by atoms with Gasteiger partial charge in [0.1, 0.15) is 11.3 Å². The molecule has 4 rings (SSSR count). The highest BCUT2D eigenvalue weighted by atomic mass is 35.5. The van der Waals surface area contributed by atoms with Crippen molar-refractivity contribution in [1.82, 2.24) is 4.98 Å². The van der Waals surface area contributed by atoms with E-state index in [4.69, 9.17) is 21.1 Å². The van der Waals surface area contributed by atoms with Gasteiger partial charge in [0, 0.05) is 12.6 Å². The Hall–Kier alpha value is -3.58. The molecule has 1 fully saturated rings. The third kappa shape index (κ3) is 8.46. The molecule has 3 aromatic rings. The summed E-state index contributed by atoms with van der Waals surface area (Å²) in [6, 6.07) is 19.5. The van der Waals surface area contributed by atoms with Crippen molar-refractivity contribution in [2.45, 2.75) is 70.9 Å². The SMILES string of the molecule is COC(=O)C[C@@H](C)c1ccc(N(CC(C)C)C2CCC(OC(=O)c3ccccc3)CC2)c(Nc2ccc(Cl)nc2)c1. The Balaban J connectivity index is 1.57. The predicted octanol–water partition coefficient (Wildman–Crippen LogP) is 7.78. The Morgan fingerprint density at radius 2 is 1.76 bits per heavy atom. The zero-order chi connectivity index (χ0) is 29.4. The van der Waals surface area contributed by atoms with Crippen molar-refractivity contribution in [3.8, 4) is 0 Å². The fourth-order valence-corrected chi connectivity index (χ4v) is 5.48. The number of carbonyl (C=O) groups is 2. The molecule has 1 atom stereocenters. The number of carbonyl (C=O) groups excluding carboxylic acids is 2. The maximum Gasteiger partial charge on any atom is 0.338 e. The van der Waals surface area contributed by atoms with Gasteiger partial charge in [-0.3, -0.25) is 4.79 Å². The van der Waals surface area contributed by atoms with Crippen LogP contribution in [0.3, 0.4) is 0 Å². The highest BCUT2D eigenvalue weighted by molar-refractivity contribution is 6.29. The maximum absolute atomic E-state index is 12.6. The van der Waals surface area contributed by atoms with E-state index in [9.17, 15) is 9.59 Å². The standard InChI is InChI=1S/C33H40ClN3O4/c1-22(2)21-37(27-12-14-28(15-13-27)41-33(39)24-8-6-5-7-9-24)30-16-10-25(23(3)18-32(38)40-4)19-29(30)36-26-11-17-31(34)35-20-26/h5-11,16-17,19-20,22-23,27-28,36H,12-15,18,21H2,1-4H3/t23-,27?,28?/m1/s1. The summed E-state index contributed by atoms with van der Waals surface area (Å²) in [7, 11) is 1.42. The molecule has 7 nitrogen and oxygen atoms in total. The number of nitrogens with zero attached hydrogens (tertiary/aromatic N) is 2. The molecule has 0 aliphatic heterocycles. The molecule has 1 aromatic heterocycles. The van der Waals surface area contributed by atoms with E-state index < -0.39 is 0 Å². The summed E-state index contributed by atoms with van der Waals surface area (Å²) in [6.45, 7) is 7.36. The van der Waals surface area contributed by atoms with Gasteiger partial charge in [0.2, 0.25) is 0 Å². The monoisotopic (exact) mass is 577 g/mol. The summed E-state index contributed by atoms with van der Waals surface area (Å²) in [5.41, 5.74) is 4.50. The maximum atomic E-state index is 12.6. The van der Waals surface area contributed by atoms with Gasteiger partial charge in [0.05, 0.1) is 42.4 Å². The third-order valence-electron chi connectivity index (χ3n) is 7.54. The van der Waals surface area contributed by atoms with Crippen LogP contribution in [0.15, 0.2) is 66.9 Å². The summed E-state index contributed by atoms with van der Waals surface area (Å²) in [5.74, 6) is -0.0581. The molecule has 1 saturated carbocycles. The summed E-state index contributed by atoms with van der Waals surface area (Å²) in [6.07, 6.45) is 5.41.